The standard InChI is InChI=1S/C60H39OP/c61-62(49-31-25-40(26-32-49)58-52-19-7-1-13-43(52)37-44-14-2-8-20-53(44)58,50-33-27-41(28-34-50)59-54-21-9-3-15-45(54)38-46-16-4-10-22-55(46)59)51-35-29-42(30-36-51)60-56-23-11-5-17-47(56)39-48-18-6-12-24-57(48)60/h1-39H. The molecule has 0 bridgehead atoms. The summed E-state index contributed by atoms with van der Waals surface area (Å²) in [6, 6.07) is 84.0. The van der Waals surface area contributed by atoms with Crippen LogP contribution in [0.4, 0.5) is 0 Å². The number of hydrogen-bond acceptors (Lipinski definition) is 1. The minimum Gasteiger partial charge on any atom is -0.309 e. The van der Waals surface area contributed by atoms with E-state index in [0.717, 1.165) is 32.6 Å². The van der Waals surface area contributed by atoms with Gasteiger partial charge in [-0.1, -0.05) is 218 Å². The third-order valence-corrected chi connectivity index (χ3v) is 15.9. The van der Waals surface area contributed by atoms with Crippen LogP contribution in [0.3, 0.4) is 0 Å². The van der Waals surface area contributed by atoms with Gasteiger partial charge < -0.3 is 4.57 Å². The maximum Gasteiger partial charge on any atom is 0.171 e. The minimum atomic E-state index is -3.40. The molecule has 1 nitrogen and oxygen atoms in total. The van der Waals surface area contributed by atoms with Gasteiger partial charge >= 0.3 is 0 Å². The Kier molecular flexibility index (Phi) is 8.52. The van der Waals surface area contributed by atoms with Gasteiger partial charge in [-0.3, -0.25) is 0 Å². The minimum absolute atomic E-state index is 0.803. The van der Waals surface area contributed by atoms with Crippen molar-refractivity contribution in [2.24, 2.45) is 0 Å². The Balaban J connectivity index is 1.03. The fourth-order valence-corrected chi connectivity index (χ4v) is 12.5. The molecule has 0 aliphatic rings. The second-order valence-electron chi connectivity index (χ2n) is 16.3. The third-order valence-electron chi connectivity index (χ3n) is 12.9. The average Bonchev–Trinajstić information content (AvgIpc) is 3.34. The molecule has 0 unspecified atom stereocenters. The van der Waals surface area contributed by atoms with Gasteiger partial charge in [-0.05, 0) is 116 Å². The summed E-state index contributed by atoms with van der Waals surface area (Å²) >= 11 is 0. The summed E-state index contributed by atoms with van der Waals surface area (Å²) in [6.45, 7) is 0. The molecule has 0 aliphatic carbocycles. The Labute approximate surface area is 360 Å². The monoisotopic (exact) mass is 806 g/mol. The summed E-state index contributed by atoms with van der Waals surface area (Å²) in [5.74, 6) is 0. The van der Waals surface area contributed by atoms with Crippen LogP contribution in [0.15, 0.2) is 237 Å². The topological polar surface area (TPSA) is 17.1 Å². The van der Waals surface area contributed by atoms with Gasteiger partial charge in [0.05, 0.1) is 0 Å². The summed E-state index contributed by atoms with van der Waals surface area (Å²) in [7, 11) is -3.40. The zero-order valence-corrected chi connectivity index (χ0v) is 34.8. The SMILES string of the molecule is O=P(c1ccc(-c2c3ccccc3cc3ccccc23)cc1)(c1ccc(-c2c3ccccc3cc3ccccc23)cc1)c1ccc(-c2c3ccccc3cc3ccccc23)cc1. The summed E-state index contributed by atoms with van der Waals surface area (Å²) in [5, 5.41) is 16.9. The van der Waals surface area contributed by atoms with Crippen molar-refractivity contribution in [3.63, 3.8) is 0 Å². The second kappa shape index (κ2) is 14.6. The molecule has 0 spiro atoms. The molecule has 0 aliphatic heterocycles. The number of rotatable bonds is 6. The van der Waals surface area contributed by atoms with Crippen molar-refractivity contribution in [2.75, 3.05) is 0 Å². The Hall–Kier alpha value is -7.57. The molecule has 62 heavy (non-hydrogen) atoms. The third kappa shape index (κ3) is 5.81. The van der Waals surface area contributed by atoms with Crippen LogP contribution in [0.2, 0.25) is 0 Å². The first kappa shape index (κ1) is 36.3. The van der Waals surface area contributed by atoms with Crippen molar-refractivity contribution in [1.29, 1.82) is 0 Å². The molecule has 0 heterocycles. The molecular formula is C60H39OP. The first-order valence-electron chi connectivity index (χ1n) is 21.3. The van der Waals surface area contributed by atoms with Gasteiger partial charge in [-0.2, -0.15) is 0 Å². The van der Waals surface area contributed by atoms with Gasteiger partial charge in [0, 0.05) is 15.9 Å². The van der Waals surface area contributed by atoms with Gasteiger partial charge in [-0.15, -0.1) is 0 Å². The van der Waals surface area contributed by atoms with Crippen molar-refractivity contribution in [3.05, 3.63) is 237 Å². The lowest BCUT2D eigenvalue weighted by atomic mass is 9.92. The molecule has 0 amide bonds. The van der Waals surface area contributed by atoms with Crippen molar-refractivity contribution < 1.29 is 4.57 Å². The number of fused-ring (bicyclic) bond motifs is 6. The van der Waals surface area contributed by atoms with E-state index in [1.165, 1.54) is 81.3 Å². The fourth-order valence-electron chi connectivity index (χ4n) is 9.94. The maximum atomic E-state index is 16.4. The quantitative estimate of drug-likeness (QED) is 0.121. The predicted octanol–water partition coefficient (Wildman–Crippen LogP) is 15.2. The molecule has 290 valence electrons. The Morgan fingerprint density at radius 1 is 0.226 bits per heavy atom. The van der Waals surface area contributed by atoms with E-state index < -0.39 is 7.14 Å². The summed E-state index contributed by atoms with van der Waals surface area (Å²) < 4.78 is 16.4. The molecule has 0 fully saturated rings. The predicted molar refractivity (Wildman–Crippen MR) is 267 cm³/mol. The zero-order chi connectivity index (χ0) is 41.2. The second-order valence-corrected chi connectivity index (χ2v) is 19.1. The van der Waals surface area contributed by atoms with Crippen LogP contribution < -0.4 is 15.9 Å². The van der Waals surface area contributed by atoms with E-state index in [4.69, 9.17) is 0 Å². The zero-order valence-electron chi connectivity index (χ0n) is 33.9. The smallest absolute Gasteiger partial charge is 0.171 e. The van der Waals surface area contributed by atoms with Crippen molar-refractivity contribution >= 4 is 87.7 Å². The number of benzene rings is 12. The van der Waals surface area contributed by atoms with Crippen LogP contribution in [0.1, 0.15) is 0 Å². The van der Waals surface area contributed by atoms with Crippen LogP contribution in [0.25, 0.3) is 98.0 Å². The normalized spacial score (nSPS) is 11.9. The Morgan fingerprint density at radius 2 is 0.419 bits per heavy atom. The molecule has 0 radical (unpaired) electrons. The molecule has 0 saturated heterocycles. The maximum absolute atomic E-state index is 16.4. The van der Waals surface area contributed by atoms with Crippen molar-refractivity contribution in [2.45, 2.75) is 0 Å². The Bertz CT molecular complexity index is 3190. The van der Waals surface area contributed by atoms with Gasteiger partial charge in [0.2, 0.25) is 0 Å². The van der Waals surface area contributed by atoms with Gasteiger partial charge in [0.1, 0.15) is 0 Å². The fraction of sp³-hybridized carbons (Fsp3) is 0. The molecule has 0 atom stereocenters. The first-order chi connectivity index (χ1) is 30.6. The molecule has 12 rings (SSSR count). The Morgan fingerprint density at radius 3 is 0.629 bits per heavy atom. The van der Waals surface area contributed by atoms with Gasteiger partial charge in [0.15, 0.2) is 7.14 Å². The van der Waals surface area contributed by atoms with Crippen LogP contribution >= 0.6 is 7.14 Å². The van der Waals surface area contributed by atoms with E-state index >= 15 is 4.57 Å². The van der Waals surface area contributed by atoms with Crippen LogP contribution in [0, 0.1) is 0 Å². The lowest BCUT2D eigenvalue weighted by molar-refractivity contribution is 0.592. The largest absolute Gasteiger partial charge is 0.309 e. The molecule has 12 aromatic carbocycles. The summed E-state index contributed by atoms with van der Waals surface area (Å²) in [6.07, 6.45) is 0. The first-order valence-corrected chi connectivity index (χ1v) is 23.0. The summed E-state index contributed by atoms with van der Waals surface area (Å²) in [4.78, 5) is 0. The van der Waals surface area contributed by atoms with E-state index in [-0.39, 0.29) is 0 Å². The van der Waals surface area contributed by atoms with E-state index in [0.29, 0.717) is 0 Å². The molecule has 0 aromatic heterocycles. The van der Waals surface area contributed by atoms with Crippen molar-refractivity contribution in [3.8, 4) is 33.4 Å². The van der Waals surface area contributed by atoms with Crippen molar-refractivity contribution in [1.82, 2.24) is 0 Å². The van der Waals surface area contributed by atoms with Crippen LogP contribution in [0.5, 0.6) is 0 Å². The van der Waals surface area contributed by atoms with Gasteiger partial charge in [0.25, 0.3) is 0 Å². The highest BCUT2D eigenvalue weighted by atomic mass is 31.2. The van der Waals surface area contributed by atoms with E-state index in [9.17, 15) is 0 Å². The highest BCUT2D eigenvalue weighted by Crippen LogP contribution is 2.46. The molecule has 0 N–H and O–H groups in total. The highest BCUT2D eigenvalue weighted by molar-refractivity contribution is 7.85. The molecular weight excluding hydrogens is 768 g/mol. The average molecular weight is 807 g/mol. The van der Waals surface area contributed by atoms with E-state index in [1.807, 2.05) is 0 Å². The highest BCUT2D eigenvalue weighted by Gasteiger charge is 2.30. The van der Waals surface area contributed by atoms with E-state index in [2.05, 4.69) is 237 Å². The number of hydrogen-bond donors (Lipinski definition) is 0. The van der Waals surface area contributed by atoms with E-state index in [1.54, 1.807) is 0 Å². The van der Waals surface area contributed by atoms with Crippen LogP contribution in [-0.2, 0) is 4.57 Å². The lowest BCUT2D eigenvalue weighted by Crippen LogP contribution is -2.25. The van der Waals surface area contributed by atoms with Gasteiger partial charge in [-0.25, -0.2) is 0 Å². The molecule has 2 heteroatoms. The molecule has 12 aromatic rings. The summed E-state index contributed by atoms with van der Waals surface area (Å²) in [5.41, 5.74) is 6.88. The molecule has 0 saturated carbocycles. The van der Waals surface area contributed by atoms with Crippen LogP contribution in [-0.4, -0.2) is 0 Å². The lowest BCUT2D eigenvalue weighted by Gasteiger charge is -2.22.